The van der Waals surface area contributed by atoms with Crippen LogP contribution in [-0.4, -0.2) is 58.5 Å². The lowest BCUT2D eigenvalue weighted by molar-refractivity contribution is 0.0624. The summed E-state index contributed by atoms with van der Waals surface area (Å²) in [5.74, 6) is 1.90. The maximum atomic E-state index is 12.9. The summed E-state index contributed by atoms with van der Waals surface area (Å²) in [6.45, 7) is 6.78. The zero-order valence-corrected chi connectivity index (χ0v) is 19.8. The lowest BCUT2D eigenvalue weighted by Gasteiger charge is -2.34. The fourth-order valence-corrected chi connectivity index (χ4v) is 4.64. The molecule has 0 radical (unpaired) electrons. The summed E-state index contributed by atoms with van der Waals surface area (Å²) in [5.41, 5.74) is 5.43. The van der Waals surface area contributed by atoms with Crippen LogP contribution in [0.5, 0.6) is 5.75 Å². The third kappa shape index (κ3) is 4.68. The first kappa shape index (κ1) is 22.2. The molecule has 0 N–H and O–H groups in total. The van der Waals surface area contributed by atoms with Gasteiger partial charge in [0.15, 0.2) is 0 Å². The summed E-state index contributed by atoms with van der Waals surface area (Å²) in [6.07, 6.45) is 0. The van der Waals surface area contributed by atoms with Crippen molar-refractivity contribution in [2.75, 3.05) is 33.3 Å². The number of benzene rings is 3. The summed E-state index contributed by atoms with van der Waals surface area (Å²) in [7, 11) is 1.63. The number of nitrogens with zero attached hydrogens (tertiary/aromatic N) is 4. The van der Waals surface area contributed by atoms with E-state index in [1.165, 1.54) is 11.1 Å². The van der Waals surface area contributed by atoms with Gasteiger partial charge >= 0.3 is 0 Å². The van der Waals surface area contributed by atoms with Gasteiger partial charge in [-0.25, -0.2) is 4.98 Å². The van der Waals surface area contributed by atoms with Gasteiger partial charge in [0.25, 0.3) is 5.91 Å². The number of hydrogen-bond donors (Lipinski definition) is 0. The highest BCUT2D eigenvalue weighted by atomic mass is 16.5. The predicted molar refractivity (Wildman–Crippen MR) is 134 cm³/mol. The average Bonchev–Trinajstić information content (AvgIpc) is 3.21. The monoisotopic (exact) mass is 454 g/mol. The Hall–Kier alpha value is -3.64. The van der Waals surface area contributed by atoms with E-state index in [1.54, 1.807) is 7.11 Å². The number of hydrogen-bond acceptors (Lipinski definition) is 4. The fraction of sp³-hybridized carbons (Fsp3) is 0.286. The van der Waals surface area contributed by atoms with Crippen molar-refractivity contribution in [3.63, 3.8) is 0 Å². The molecule has 174 valence electrons. The number of aryl methyl sites for hydroxylation is 1. The van der Waals surface area contributed by atoms with E-state index in [2.05, 4.69) is 58.9 Å². The van der Waals surface area contributed by atoms with Crippen molar-refractivity contribution in [2.45, 2.75) is 20.0 Å². The van der Waals surface area contributed by atoms with Crippen molar-refractivity contribution >= 4 is 16.9 Å². The maximum Gasteiger partial charge on any atom is 0.253 e. The number of ether oxygens (including phenoxy) is 1. The predicted octanol–water partition coefficient (Wildman–Crippen LogP) is 4.36. The second-order valence-corrected chi connectivity index (χ2v) is 8.89. The Morgan fingerprint density at radius 2 is 1.68 bits per heavy atom. The third-order valence-electron chi connectivity index (χ3n) is 6.52. The van der Waals surface area contributed by atoms with Crippen molar-refractivity contribution in [2.24, 2.45) is 0 Å². The van der Waals surface area contributed by atoms with E-state index in [0.29, 0.717) is 18.7 Å². The van der Waals surface area contributed by atoms with Crippen LogP contribution < -0.4 is 4.74 Å². The Bertz CT molecular complexity index is 1290. The maximum absolute atomic E-state index is 12.9. The smallest absolute Gasteiger partial charge is 0.253 e. The normalized spacial score (nSPS) is 14.5. The van der Waals surface area contributed by atoms with Gasteiger partial charge in [0.1, 0.15) is 11.6 Å². The molecular weight excluding hydrogens is 424 g/mol. The molecule has 0 atom stereocenters. The summed E-state index contributed by atoms with van der Waals surface area (Å²) >= 11 is 0. The SMILES string of the molecule is COc1ccc(C(=O)N2CCN(Cc3nc4ccccc4n3Cc3cccc(C)c3)CC2)cc1. The van der Waals surface area contributed by atoms with E-state index in [-0.39, 0.29) is 5.91 Å². The summed E-state index contributed by atoms with van der Waals surface area (Å²) in [4.78, 5) is 22.2. The minimum absolute atomic E-state index is 0.0778. The van der Waals surface area contributed by atoms with Crippen molar-refractivity contribution in [3.05, 3.63) is 95.3 Å². The van der Waals surface area contributed by atoms with Crippen LogP contribution in [0.2, 0.25) is 0 Å². The number of para-hydroxylation sites is 2. The highest BCUT2D eigenvalue weighted by molar-refractivity contribution is 5.94. The van der Waals surface area contributed by atoms with E-state index < -0.39 is 0 Å². The third-order valence-corrected chi connectivity index (χ3v) is 6.52. The van der Waals surface area contributed by atoms with Gasteiger partial charge in [0.2, 0.25) is 0 Å². The van der Waals surface area contributed by atoms with Crippen LogP contribution >= 0.6 is 0 Å². The molecule has 0 aliphatic carbocycles. The molecule has 1 aliphatic heterocycles. The average molecular weight is 455 g/mol. The molecule has 3 aromatic carbocycles. The Morgan fingerprint density at radius 3 is 2.41 bits per heavy atom. The van der Waals surface area contributed by atoms with Gasteiger partial charge in [-0.15, -0.1) is 0 Å². The molecule has 0 saturated carbocycles. The van der Waals surface area contributed by atoms with Crippen LogP contribution in [0.15, 0.2) is 72.8 Å². The standard InChI is InChI=1S/C28H30N4O2/c1-21-6-5-7-22(18-21)19-32-26-9-4-3-8-25(26)29-27(32)20-30-14-16-31(17-15-30)28(33)23-10-12-24(34-2)13-11-23/h3-13,18H,14-17,19-20H2,1-2H3. The Morgan fingerprint density at radius 1 is 0.912 bits per heavy atom. The Balaban J connectivity index is 1.29. The number of amides is 1. The number of aromatic nitrogens is 2. The van der Waals surface area contributed by atoms with Crippen LogP contribution in [0.3, 0.4) is 0 Å². The van der Waals surface area contributed by atoms with Crippen LogP contribution in [-0.2, 0) is 13.1 Å². The molecule has 0 unspecified atom stereocenters. The number of imidazole rings is 1. The molecule has 0 spiro atoms. The number of fused-ring (bicyclic) bond motifs is 1. The van der Waals surface area contributed by atoms with Crippen LogP contribution in [0.4, 0.5) is 0 Å². The van der Waals surface area contributed by atoms with Gasteiger partial charge in [-0.3, -0.25) is 9.69 Å². The minimum atomic E-state index is 0.0778. The number of carbonyl (C=O) groups is 1. The first-order valence-electron chi connectivity index (χ1n) is 11.8. The molecular formula is C28H30N4O2. The lowest BCUT2D eigenvalue weighted by Crippen LogP contribution is -2.48. The molecule has 4 aromatic rings. The molecule has 1 amide bonds. The van der Waals surface area contributed by atoms with Crippen LogP contribution in [0.25, 0.3) is 11.0 Å². The van der Waals surface area contributed by atoms with Crippen molar-refractivity contribution in [1.29, 1.82) is 0 Å². The number of methoxy groups -OCH3 is 1. The van der Waals surface area contributed by atoms with Gasteiger partial charge in [0, 0.05) is 38.3 Å². The van der Waals surface area contributed by atoms with E-state index in [0.717, 1.165) is 48.8 Å². The Kier molecular flexibility index (Phi) is 6.32. The fourth-order valence-electron chi connectivity index (χ4n) is 4.64. The van der Waals surface area contributed by atoms with Crippen molar-refractivity contribution in [1.82, 2.24) is 19.4 Å². The molecule has 1 saturated heterocycles. The second-order valence-electron chi connectivity index (χ2n) is 8.89. The van der Waals surface area contributed by atoms with Gasteiger partial charge in [-0.05, 0) is 48.9 Å². The molecule has 1 aliphatic rings. The van der Waals surface area contributed by atoms with E-state index >= 15 is 0 Å². The van der Waals surface area contributed by atoms with Crippen molar-refractivity contribution < 1.29 is 9.53 Å². The summed E-state index contributed by atoms with van der Waals surface area (Å²) in [6, 6.07) is 24.3. The molecule has 0 bridgehead atoms. The molecule has 2 heterocycles. The molecule has 6 nitrogen and oxygen atoms in total. The lowest BCUT2D eigenvalue weighted by atomic mass is 10.1. The van der Waals surface area contributed by atoms with Gasteiger partial charge in [0.05, 0.1) is 24.7 Å². The number of rotatable bonds is 6. The van der Waals surface area contributed by atoms with E-state index in [4.69, 9.17) is 9.72 Å². The number of piperazine rings is 1. The topological polar surface area (TPSA) is 50.6 Å². The van der Waals surface area contributed by atoms with E-state index in [9.17, 15) is 4.79 Å². The van der Waals surface area contributed by atoms with Crippen molar-refractivity contribution in [3.8, 4) is 5.75 Å². The zero-order valence-electron chi connectivity index (χ0n) is 19.8. The zero-order chi connectivity index (χ0) is 23.5. The van der Waals surface area contributed by atoms with Gasteiger partial charge < -0.3 is 14.2 Å². The van der Waals surface area contributed by atoms with E-state index in [1.807, 2.05) is 35.2 Å². The highest BCUT2D eigenvalue weighted by Gasteiger charge is 2.24. The largest absolute Gasteiger partial charge is 0.497 e. The molecule has 5 rings (SSSR count). The summed E-state index contributed by atoms with van der Waals surface area (Å²) in [5, 5.41) is 0. The van der Waals surface area contributed by atoms with Crippen LogP contribution in [0.1, 0.15) is 27.3 Å². The molecule has 6 heteroatoms. The molecule has 34 heavy (non-hydrogen) atoms. The van der Waals surface area contributed by atoms with Crippen LogP contribution in [0, 0.1) is 6.92 Å². The molecule has 1 aromatic heterocycles. The minimum Gasteiger partial charge on any atom is -0.497 e. The first-order chi connectivity index (χ1) is 16.6. The van der Waals surface area contributed by atoms with Gasteiger partial charge in [-0.1, -0.05) is 42.0 Å². The summed E-state index contributed by atoms with van der Waals surface area (Å²) < 4.78 is 7.53. The highest BCUT2D eigenvalue weighted by Crippen LogP contribution is 2.21. The second kappa shape index (κ2) is 9.69. The van der Waals surface area contributed by atoms with Gasteiger partial charge in [-0.2, -0.15) is 0 Å². The Labute approximate surface area is 200 Å². The first-order valence-corrected chi connectivity index (χ1v) is 11.8. The number of carbonyl (C=O) groups excluding carboxylic acids is 1. The molecule has 1 fully saturated rings. The quantitative estimate of drug-likeness (QED) is 0.434.